The van der Waals surface area contributed by atoms with E-state index in [1.165, 1.54) is 0 Å². The van der Waals surface area contributed by atoms with Gasteiger partial charge in [-0.25, -0.2) is 0 Å². The molecule has 0 aliphatic heterocycles. The Labute approximate surface area is 105 Å². The minimum absolute atomic E-state index is 1.76. The second kappa shape index (κ2) is 4.79. The lowest BCUT2D eigenvalue weighted by molar-refractivity contribution is 0.271. The Hall–Kier alpha value is 0.748. The SMILES string of the molecule is C[Si](C)(C)O[Si](O)(O[Si](C)(C)C)[Si](C)(C)C. The highest BCUT2D eigenvalue weighted by Gasteiger charge is 2.54. The molecule has 0 unspecified atom stereocenters. The van der Waals surface area contributed by atoms with Crippen LogP contribution < -0.4 is 0 Å². The van der Waals surface area contributed by atoms with Crippen LogP contribution in [0.2, 0.25) is 58.9 Å². The highest BCUT2D eigenvalue weighted by molar-refractivity contribution is 7.35. The first-order chi connectivity index (χ1) is 6.66. The first-order valence-electron chi connectivity index (χ1n) is 5.79. The van der Waals surface area contributed by atoms with Crippen molar-refractivity contribution < 1.29 is 13.0 Å². The maximum atomic E-state index is 10.8. The normalized spacial score (nSPS) is 15.4. The van der Waals surface area contributed by atoms with Crippen molar-refractivity contribution in [1.82, 2.24) is 0 Å². The standard InChI is InChI=1S/C9H28O3Si4/c1-13(2,3)11-16(10,15(7,8)9)12-14(4,5)6/h10H,1-9H3. The van der Waals surface area contributed by atoms with Crippen molar-refractivity contribution in [3.63, 3.8) is 0 Å². The van der Waals surface area contributed by atoms with Crippen molar-refractivity contribution in [2.24, 2.45) is 0 Å². The molecule has 0 saturated heterocycles. The lowest BCUT2D eigenvalue weighted by Gasteiger charge is -2.42. The van der Waals surface area contributed by atoms with Crippen LogP contribution in [-0.4, -0.2) is 37.3 Å². The maximum Gasteiger partial charge on any atom is 0.446 e. The highest BCUT2D eigenvalue weighted by Crippen LogP contribution is 2.26. The van der Waals surface area contributed by atoms with Crippen molar-refractivity contribution >= 4 is 32.5 Å². The minimum Gasteiger partial charge on any atom is -0.419 e. The van der Waals surface area contributed by atoms with Crippen LogP contribution in [0.3, 0.4) is 0 Å². The molecule has 0 amide bonds. The van der Waals surface area contributed by atoms with Crippen molar-refractivity contribution in [2.75, 3.05) is 0 Å². The van der Waals surface area contributed by atoms with Crippen LogP contribution in [0.5, 0.6) is 0 Å². The minimum atomic E-state index is -2.96. The van der Waals surface area contributed by atoms with Gasteiger partial charge in [0.2, 0.25) is 0 Å². The molecule has 0 fully saturated rings. The smallest absolute Gasteiger partial charge is 0.419 e. The molecule has 7 heteroatoms. The van der Waals surface area contributed by atoms with E-state index in [1.807, 2.05) is 0 Å². The fourth-order valence-electron chi connectivity index (χ4n) is 1.16. The van der Waals surface area contributed by atoms with E-state index in [2.05, 4.69) is 58.9 Å². The van der Waals surface area contributed by atoms with Crippen molar-refractivity contribution in [1.29, 1.82) is 0 Å². The predicted octanol–water partition coefficient (Wildman–Crippen LogP) is 3.04. The van der Waals surface area contributed by atoms with Crippen molar-refractivity contribution in [3.05, 3.63) is 0 Å². The molecule has 0 saturated carbocycles. The topological polar surface area (TPSA) is 38.7 Å². The van der Waals surface area contributed by atoms with Gasteiger partial charge in [0.25, 0.3) is 0 Å². The van der Waals surface area contributed by atoms with Gasteiger partial charge in [-0.3, -0.25) is 0 Å². The average molecular weight is 297 g/mol. The molecule has 0 aromatic heterocycles. The average Bonchev–Trinajstić information content (AvgIpc) is 1.72. The Morgan fingerprint density at radius 1 is 0.625 bits per heavy atom. The largest absolute Gasteiger partial charge is 0.446 e. The molecule has 0 aliphatic carbocycles. The van der Waals surface area contributed by atoms with Crippen LogP contribution in [-0.2, 0) is 8.23 Å². The summed E-state index contributed by atoms with van der Waals surface area (Å²) in [6.45, 7) is 19.1. The Bertz CT molecular complexity index is 221. The van der Waals surface area contributed by atoms with Gasteiger partial charge in [0.1, 0.15) is 7.59 Å². The van der Waals surface area contributed by atoms with Gasteiger partial charge in [-0.05, 0) is 39.3 Å². The molecule has 0 aromatic rings. The van der Waals surface area contributed by atoms with Gasteiger partial charge in [-0.15, -0.1) is 0 Å². The van der Waals surface area contributed by atoms with Crippen LogP contribution in [0.15, 0.2) is 0 Å². The number of hydrogen-bond acceptors (Lipinski definition) is 3. The van der Waals surface area contributed by atoms with Crippen molar-refractivity contribution in [3.8, 4) is 0 Å². The third-order valence-electron chi connectivity index (χ3n) is 1.84. The maximum absolute atomic E-state index is 10.8. The summed E-state index contributed by atoms with van der Waals surface area (Å²) in [6.07, 6.45) is 0. The number of hydrogen-bond donors (Lipinski definition) is 1. The van der Waals surface area contributed by atoms with Crippen LogP contribution in [0.1, 0.15) is 0 Å². The molecule has 98 valence electrons. The summed E-state index contributed by atoms with van der Waals surface area (Å²) < 4.78 is 12.1. The van der Waals surface area contributed by atoms with Crippen LogP contribution in [0, 0.1) is 0 Å². The number of rotatable bonds is 5. The van der Waals surface area contributed by atoms with Gasteiger partial charge < -0.3 is 13.0 Å². The summed E-state index contributed by atoms with van der Waals surface area (Å²) >= 11 is 0. The summed E-state index contributed by atoms with van der Waals surface area (Å²) in [5.74, 6) is 0. The van der Waals surface area contributed by atoms with Gasteiger partial charge in [0, 0.05) is 0 Å². The molecular weight excluding hydrogens is 268 g/mol. The molecule has 0 atom stereocenters. The second-order valence-electron chi connectivity index (χ2n) is 7.26. The Kier molecular flexibility index (Phi) is 5.01. The Balaban J connectivity index is 5.07. The highest BCUT2D eigenvalue weighted by atomic mass is 29.3. The fourth-order valence-corrected chi connectivity index (χ4v) is 21.8. The summed E-state index contributed by atoms with van der Waals surface area (Å²) in [6, 6.07) is 0. The van der Waals surface area contributed by atoms with Gasteiger partial charge in [-0.1, -0.05) is 19.6 Å². The van der Waals surface area contributed by atoms with E-state index in [0.717, 1.165) is 0 Å². The van der Waals surface area contributed by atoms with Gasteiger partial charge in [0.15, 0.2) is 16.6 Å². The van der Waals surface area contributed by atoms with E-state index < -0.39 is 32.5 Å². The summed E-state index contributed by atoms with van der Waals surface area (Å²) in [4.78, 5) is 10.8. The van der Waals surface area contributed by atoms with Gasteiger partial charge in [-0.2, -0.15) is 0 Å². The van der Waals surface area contributed by atoms with Gasteiger partial charge in [0.05, 0.1) is 0 Å². The zero-order valence-corrected chi connectivity index (χ0v) is 16.3. The fraction of sp³-hybridized carbons (Fsp3) is 1.00. The Morgan fingerprint density at radius 3 is 1.00 bits per heavy atom. The van der Waals surface area contributed by atoms with E-state index in [1.54, 1.807) is 0 Å². The molecular formula is C9H28O3Si4. The molecule has 0 radical (unpaired) electrons. The Morgan fingerprint density at radius 2 is 0.875 bits per heavy atom. The van der Waals surface area contributed by atoms with Crippen LogP contribution in [0.25, 0.3) is 0 Å². The monoisotopic (exact) mass is 296 g/mol. The quantitative estimate of drug-likeness (QED) is 0.793. The molecule has 0 heterocycles. The molecule has 0 aromatic carbocycles. The van der Waals surface area contributed by atoms with E-state index in [4.69, 9.17) is 8.23 Å². The molecule has 0 bridgehead atoms. The summed E-state index contributed by atoms with van der Waals surface area (Å²) in [5, 5.41) is 0. The first kappa shape index (κ1) is 16.7. The molecule has 1 N–H and O–H groups in total. The zero-order valence-electron chi connectivity index (χ0n) is 12.3. The van der Waals surface area contributed by atoms with E-state index >= 15 is 0 Å². The van der Waals surface area contributed by atoms with E-state index in [-0.39, 0.29) is 0 Å². The third kappa shape index (κ3) is 5.89. The van der Waals surface area contributed by atoms with E-state index in [9.17, 15) is 4.80 Å². The zero-order chi connectivity index (χ0) is 13.4. The predicted molar refractivity (Wildman–Crippen MR) is 80.2 cm³/mol. The molecule has 0 rings (SSSR count). The summed E-state index contributed by atoms with van der Waals surface area (Å²) in [5.41, 5.74) is 0. The third-order valence-corrected chi connectivity index (χ3v) is 18.4. The van der Waals surface area contributed by atoms with E-state index in [0.29, 0.717) is 0 Å². The molecule has 0 aliphatic rings. The lowest BCUT2D eigenvalue weighted by atomic mass is 11.8. The van der Waals surface area contributed by atoms with Gasteiger partial charge >= 0.3 is 8.32 Å². The first-order valence-corrected chi connectivity index (χ1v) is 18.9. The summed E-state index contributed by atoms with van der Waals surface area (Å²) in [7, 11) is -8.29. The van der Waals surface area contributed by atoms with Crippen molar-refractivity contribution in [2.45, 2.75) is 58.9 Å². The molecule has 3 nitrogen and oxygen atoms in total. The van der Waals surface area contributed by atoms with Crippen LogP contribution >= 0.6 is 0 Å². The second-order valence-corrected chi connectivity index (χ2v) is 29.4. The lowest BCUT2D eigenvalue weighted by Crippen LogP contribution is -2.68. The van der Waals surface area contributed by atoms with Crippen LogP contribution in [0.4, 0.5) is 0 Å². The molecule has 0 spiro atoms. The molecule has 16 heavy (non-hydrogen) atoms.